The van der Waals surface area contributed by atoms with Crippen LogP contribution in [0.2, 0.25) is 0 Å². The zero-order chi connectivity index (χ0) is 8.97. The summed E-state index contributed by atoms with van der Waals surface area (Å²) in [6.45, 7) is 7.31. The minimum absolute atomic E-state index is 1.000. The van der Waals surface area contributed by atoms with E-state index in [0.717, 1.165) is 11.8 Å². The van der Waals surface area contributed by atoms with Crippen molar-refractivity contribution in [2.24, 2.45) is 11.8 Å². The molecule has 1 nitrogen and oxygen atoms in total. The Balaban J connectivity index is 2.36. The number of nitrogens with zero attached hydrogens (tertiary/aromatic N) is 1. The van der Waals surface area contributed by atoms with Crippen LogP contribution in [0.25, 0.3) is 0 Å². The summed E-state index contributed by atoms with van der Waals surface area (Å²) in [6, 6.07) is 0. The molecule has 0 amide bonds. The van der Waals surface area contributed by atoms with Crippen LogP contribution < -0.4 is 0 Å². The molecule has 0 spiro atoms. The van der Waals surface area contributed by atoms with Crippen molar-refractivity contribution in [1.82, 2.24) is 4.90 Å². The van der Waals surface area contributed by atoms with Crippen LogP contribution in [0.3, 0.4) is 0 Å². The van der Waals surface area contributed by atoms with Crippen LogP contribution in [0.5, 0.6) is 0 Å². The van der Waals surface area contributed by atoms with E-state index in [9.17, 15) is 0 Å². The molecule has 0 aromatic rings. The first-order valence-electron chi connectivity index (χ1n) is 5.46. The Kier molecular flexibility index (Phi) is 4.07. The first-order chi connectivity index (χ1) is 5.77. The third kappa shape index (κ3) is 2.48. The van der Waals surface area contributed by atoms with Crippen molar-refractivity contribution in [2.75, 3.05) is 20.1 Å². The van der Waals surface area contributed by atoms with Crippen molar-refractivity contribution < 1.29 is 0 Å². The van der Waals surface area contributed by atoms with Crippen molar-refractivity contribution in [3.8, 4) is 0 Å². The summed E-state index contributed by atoms with van der Waals surface area (Å²) in [7, 11) is 2.26. The van der Waals surface area contributed by atoms with Crippen LogP contribution in [0.1, 0.15) is 39.5 Å². The van der Waals surface area contributed by atoms with Gasteiger partial charge in [-0.05, 0) is 31.7 Å². The zero-order valence-electron chi connectivity index (χ0n) is 8.84. The number of hydrogen-bond acceptors (Lipinski definition) is 1. The standard InChI is InChI=1S/C11H23N/c1-4-6-10-8-12(3)9-11(10)7-5-2/h10-11H,4-9H2,1-3H3/t10-,11+. The quantitative estimate of drug-likeness (QED) is 0.625. The summed E-state index contributed by atoms with van der Waals surface area (Å²) >= 11 is 0. The lowest BCUT2D eigenvalue weighted by molar-refractivity contribution is 0.366. The van der Waals surface area contributed by atoms with Gasteiger partial charge >= 0.3 is 0 Å². The second kappa shape index (κ2) is 4.86. The van der Waals surface area contributed by atoms with E-state index in [0.29, 0.717) is 0 Å². The molecule has 0 aromatic carbocycles. The Labute approximate surface area is 77.1 Å². The third-order valence-corrected chi connectivity index (χ3v) is 3.08. The van der Waals surface area contributed by atoms with Gasteiger partial charge in [-0.3, -0.25) is 0 Å². The van der Waals surface area contributed by atoms with Crippen LogP contribution in [-0.4, -0.2) is 25.0 Å². The third-order valence-electron chi connectivity index (χ3n) is 3.08. The average molecular weight is 169 g/mol. The molecular weight excluding hydrogens is 146 g/mol. The van der Waals surface area contributed by atoms with Gasteiger partial charge < -0.3 is 4.90 Å². The lowest BCUT2D eigenvalue weighted by atomic mass is 9.89. The highest BCUT2D eigenvalue weighted by atomic mass is 15.1. The Morgan fingerprint density at radius 3 is 1.75 bits per heavy atom. The summed E-state index contributed by atoms with van der Waals surface area (Å²) in [4.78, 5) is 2.50. The molecule has 1 heteroatoms. The molecule has 72 valence electrons. The van der Waals surface area contributed by atoms with Crippen LogP contribution in [-0.2, 0) is 0 Å². The smallest absolute Gasteiger partial charge is 0.000985 e. The van der Waals surface area contributed by atoms with E-state index in [1.165, 1.54) is 38.8 Å². The average Bonchev–Trinajstić information content (AvgIpc) is 2.33. The molecule has 0 bridgehead atoms. The maximum atomic E-state index is 2.50. The van der Waals surface area contributed by atoms with Gasteiger partial charge in [-0.1, -0.05) is 26.7 Å². The molecule has 1 aliphatic heterocycles. The van der Waals surface area contributed by atoms with E-state index in [2.05, 4.69) is 25.8 Å². The molecule has 0 radical (unpaired) electrons. The van der Waals surface area contributed by atoms with Crippen molar-refractivity contribution >= 4 is 0 Å². The normalized spacial score (nSPS) is 31.2. The predicted molar refractivity (Wildman–Crippen MR) is 54.3 cm³/mol. The molecule has 12 heavy (non-hydrogen) atoms. The molecule has 0 aromatic heterocycles. The zero-order valence-corrected chi connectivity index (χ0v) is 8.84. The van der Waals surface area contributed by atoms with Gasteiger partial charge in [0.05, 0.1) is 0 Å². The van der Waals surface area contributed by atoms with Gasteiger partial charge in [-0.2, -0.15) is 0 Å². The number of likely N-dealkylation sites (tertiary alicyclic amines) is 1. The molecule has 2 atom stereocenters. The van der Waals surface area contributed by atoms with Crippen LogP contribution >= 0.6 is 0 Å². The van der Waals surface area contributed by atoms with E-state index in [-0.39, 0.29) is 0 Å². The molecule has 0 saturated carbocycles. The predicted octanol–water partition coefficient (Wildman–Crippen LogP) is 2.76. The molecule has 1 rings (SSSR count). The minimum atomic E-state index is 1.000. The van der Waals surface area contributed by atoms with E-state index in [1.54, 1.807) is 0 Å². The lowest BCUT2D eigenvalue weighted by Crippen LogP contribution is -2.13. The number of rotatable bonds is 4. The van der Waals surface area contributed by atoms with Crippen LogP contribution in [0, 0.1) is 11.8 Å². The van der Waals surface area contributed by atoms with Gasteiger partial charge in [0.15, 0.2) is 0 Å². The molecule has 1 heterocycles. The molecular formula is C11H23N. The van der Waals surface area contributed by atoms with Crippen LogP contribution in [0.4, 0.5) is 0 Å². The highest BCUT2D eigenvalue weighted by Crippen LogP contribution is 2.29. The van der Waals surface area contributed by atoms with E-state index < -0.39 is 0 Å². The summed E-state index contributed by atoms with van der Waals surface area (Å²) in [6.07, 6.45) is 5.60. The highest BCUT2D eigenvalue weighted by molar-refractivity contribution is 4.81. The fourth-order valence-corrected chi connectivity index (χ4v) is 2.57. The van der Waals surface area contributed by atoms with Crippen molar-refractivity contribution in [1.29, 1.82) is 0 Å². The fraction of sp³-hybridized carbons (Fsp3) is 1.00. The van der Waals surface area contributed by atoms with Gasteiger partial charge in [0.25, 0.3) is 0 Å². The molecule has 1 fully saturated rings. The first kappa shape index (κ1) is 10.0. The van der Waals surface area contributed by atoms with Gasteiger partial charge in [0.1, 0.15) is 0 Å². The van der Waals surface area contributed by atoms with E-state index in [1.807, 2.05) is 0 Å². The maximum absolute atomic E-state index is 2.50. The Hall–Kier alpha value is -0.0400. The lowest BCUT2D eigenvalue weighted by Gasteiger charge is -2.16. The summed E-state index contributed by atoms with van der Waals surface area (Å²) < 4.78 is 0. The molecule has 0 N–H and O–H groups in total. The van der Waals surface area contributed by atoms with Crippen molar-refractivity contribution in [3.05, 3.63) is 0 Å². The largest absolute Gasteiger partial charge is 0.306 e. The van der Waals surface area contributed by atoms with Crippen molar-refractivity contribution in [3.63, 3.8) is 0 Å². The van der Waals surface area contributed by atoms with Gasteiger partial charge in [-0.15, -0.1) is 0 Å². The summed E-state index contributed by atoms with van der Waals surface area (Å²) in [5, 5.41) is 0. The Morgan fingerprint density at radius 1 is 1.00 bits per heavy atom. The Bertz CT molecular complexity index is 108. The topological polar surface area (TPSA) is 3.24 Å². The van der Waals surface area contributed by atoms with Gasteiger partial charge in [0, 0.05) is 13.1 Å². The van der Waals surface area contributed by atoms with Gasteiger partial charge in [0.2, 0.25) is 0 Å². The highest BCUT2D eigenvalue weighted by Gasteiger charge is 2.28. The molecule has 0 unspecified atom stereocenters. The monoisotopic (exact) mass is 169 g/mol. The van der Waals surface area contributed by atoms with E-state index in [4.69, 9.17) is 0 Å². The van der Waals surface area contributed by atoms with E-state index >= 15 is 0 Å². The first-order valence-corrected chi connectivity index (χ1v) is 5.46. The number of hydrogen-bond donors (Lipinski definition) is 0. The molecule has 1 aliphatic rings. The van der Waals surface area contributed by atoms with Crippen LogP contribution in [0.15, 0.2) is 0 Å². The second-order valence-corrected chi connectivity index (χ2v) is 4.32. The fourth-order valence-electron chi connectivity index (χ4n) is 2.57. The minimum Gasteiger partial charge on any atom is -0.306 e. The summed E-state index contributed by atoms with van der Waals surface area (Å²) in [5.41, 5.74) is 0. The SMILES string of the molecule is CCC[C@@H]1CN(C)C[C@@H]1CCC. The Morgan fingerprint density at radius 2 is 1.42 bits per heavy atom. The van der Waals surface area contributed by atoms with Gasteiger partial charge in [-0.25, -0.2) is 0 Å². The molecule has 0 aliphatic carbocycles. The maximum Gasteiger partial charge on any atom is 0.000985 e. The van der Waals surface area contributed by atoms with Crippen molar-refractivity contribution in [2.45, 2.75) is 39.5 Å². The molecule has 1 saturated heterocycles. The summed E-state index contributed by atoms with van der Waals surface area (Å²) in [5.74, 6) is 2.00. The second-order valence-electron chi connectivity index (χ2n) is 4.32.